The molecule has 0 aliphatic heterocycles. The largest absolute Gasteiger partial charge is 0.308 e. The summed E-state index contributed by atoms with van der Waals surface area (Å²) in [5, 5.41) is 9.96. The Bertz CT molecular complexity index is 3620. The molecule has 1 aromatic heterocycles. The number of fused-ring (bicyclic) bond motifs is 7. The van der Waals surface area contributed by atoms with Crippen LogP contribution in [0, 0.1) is 0 Å². The van der Waals surface area contributed by atoms with Crippen LogP contribution in [0.25, 0.3) is 97.0 Å². The molecule has 12 aromatic rings. The van der Waals surface area contributed by atoms with Crippen LogP contribution >= 0.6 is 11.3 Å². The number of anilines is 3. The van der Waals surface area contributed by atoms with E-state index in [1.165, 1.54) is 108 Å². The molecule has 0 fully saturated rings. The van der Waals surface area contributed by atoms with Crippen LogP contribution in [0.15, 0.2) is 237 Å². The molecule has 0 bridgehead atoms. The van der Waals surface area contributed by atoms with Gasteiger partial charge in [-0.25, -0.2) is 0 Å². The van der Waals surface area contributed by atoms with Crippen molar-refractivity contribution < 1.29 is 0 Å². The molecule has 0 N–H and O–H groups in total. The molecule has 1 heterocycles. The topological polar surface area (TPSA) is 3.24 Å². The zero-order valence-corrected chi connectivity index (χ0v) is 34.7. The monoisotopic (exact) mass is 805 g/mol. The van der Waals surface area contributed by atoms with E-state index in [1.54, 1.807) is 0 Å². The van der Waals surface area contributed by atoms with Crippen molar-refractivity contribution in [2.45, 2.75) is 0 Å². The summed E-state index contributed by atoms with van der Waals surface area (Å²) >= 11 is 1.88. The lowest BCUT2D eigenvalue weighted by molar-refractivity contribution is 1.32. The first-order valence-corrected chi connectivity index (χ1v) is 22.1. The van der Waals surface area contributed by atoms with E-state index in [4.69, 9.17) is 0 Å². The number of hydrogen-bond donors (Lipinski definition) is 0. The Labute approximate surface area is 365 Å². The average molecular weight is 806 g/mol. The molecular formula is C60H39NS. The minimum atomic E-state index is 1.11. The quantitative estimate of drug-likeness (QED) is 0.145. The van der Waals surface area contributed by atoms with Crippen molar-refractivity contribution in [1.29, 1.82) is 0 Å². The first-order valence-electron chi connectivity index (χ1n) is 21.2. The third kappa shape index (κ3) is 6.15. The molecule has 0 amide bonds. The van der Waals surface area contributed by atoms with Crippen molar-refractivity contribution in [3.8, 4) is 44.5 Å². The van der Waals surface area contributed by atoms with Gasteiger partial charge in [-0.1, -0.05) is 200 Å². The highest BCUT2D eigenvalue weighted by Gasteiger charge is 2.26. The van der Waals surface area contributed by atoms with Gasteiger partial charge in [-0.15, -0.1) is 11.3 Å². The number of thiophene rings is 1. The van der Waals surface area contributed by atoms with Gasteiger partial charge >= 0.3 is 0 Å². The lowest BCUT2D eigenvalue weighted by atomic mass is 9.89. The average Bonchev–Trinajstić information content (AvgIpc) is 3.74. The molecule has 2 heteroatoms. The van der Waals surface area contributed by atoms with Crippen LogP contribution < -0.4 is 4.90 Å². The second kappa shape index (κ2) is 15.0. The zero-order valence-electron chi connectivity index (χ0n) is 33.9. The highest BCUT2D eigenvalue weighted by Crippen LogP contribution is 2.52. The fourth-order valence-corrected chi connectivity index (χ4v) is 10.7. The lowest BCUT2D eigenvalue weighted by Gasteiger charge is -2.31. The molecular weight excluding hydrogens is 767 g/mol. The van der Waals surface area contributed by atoms with Crippen molar-refractivity contribution >= 4 is 80.9 Å². The van der Waals surface area contributed by atoms with Gasteiger partial charge in [0.25, 0.3) is 0 Å². The Balaban J connectivity index is 1.06. The molecule has 0 atom stereocenters. The van der Waals surface area contributed by atoms with E-state index in [0.717, 1.165) is 5.69 Å². The summed E-state index contributed by atoms with van der Waals surface area (Å²) in [6.45, 7) is 0. The maximum Gasteiger partial charge on any atom is 0.0640 e. The van der Waals surface area contributed by atoms with Crippen molar-refractivity contribution in [1.82, 2.24) is 0 Å². The first kappa shape index (κ1) is 36.1. The Kier molecular flexibility index (Phi) is 8.76. The Morgan fingerprint density at radius 3 is 1.53 bits per heavy atom. The van der Waals surface area contributed by atoms with E-state index in [-0.39, 0.29) is 0 Å². The summed E-state index contributed by atoms with van der Waals surface area (Å²) in [5.41, 5.74) is 13.1. The van der Waals surface area contributed by atoms with E-state index >= 15 is 0 Å². The summed E-state index contributed by atoms with van der Waals surface area (Å²) in [7, 11) is 0. The SMILES string of the molecule is c1ccc(-c2cccc(-c3ccc(-c4ccc(N(c5c(-c6ccc7ccccc7c6)c6ccccc6c6ccccc56)c5cccc6c5sc5ccccc56)cc4)cc3)c2)cc1. The second-order valence-electron chi connectivity index (χ2n) is 16.0. The van der Waals surface area contributed by atoms with Gasteiger partial charge in [0.15, 0.2) is 0 Å². The maximum absolute atomic E-state index is 2.55. The third-order valence-electron chi connectivity index (χ3n) is 12.4. The molecule has 0 saturated carbocycles. The predicted molar refractivity (Wildman–Crippen MR) is 268 cm³/mol. The molecule has 1 nitrogen and oxygen atoms in total. The fraction of sp³-hybridized carbons (Fsp3) is 0. The minimum Gasteiger partial charge on any atom is -0.308 e. The molecule has 0 radical (unpaired) electrons. The summed E-state index contributed by atoms with van der Waals surface area (Å²) in [6.07, 6.45) is 0. The van der Waals surface area contributed by atoms with E-state index < -0.39 is 0 Å². The highest BCUT2D eigenvalue weighted by molar-refractivity contribution is 7.26. The van der Waals surface area contributed by atoms with Gasteiger partial charge < -0.3 is 4.90 Å². The van der Waals surface area contributed by atoms with Gasteiger partial charge in [-0.2, -0.15) is 0 Å². The van der Waals surface area contributed by atoms with Gasteiger partial charge in [0, 0.05) is 32.1 Å². The molecule has 0 saturated heterocycles. The van der Waals surface area contributed by atoms with E-state index in [9.17, 15) is 0 Å². The number of benzene rings is 11. The fourth-order valence-electron chi connectivity index (χ4n) is 9.46. The second-order valence-corrected chi connectivity index (χ2v) is 17.1. The van der Waals surface area contributed by atoms with Crippen molar-refractivity contribution in [2.75, 3.05) is 4.90 Å². The van der Waals surface area contributed by atoms with E-state index in [0.29, 0.717) is 0 Å². The van der Waals surface area contributed by atoms with Crippen molar-refractivity contribution in [3.63, 3.8) is 0 Å². The zero-order chi connectivity index (χ0) is 41.0. The number of nitrogens with zero attached hydrogens (tertiary/aromatic N) is 1. The van der Waals surface area contributed by atoms with Crippen molar-refractivity contribution in [2.24, 2.45) is 0 Å². The molecule has 0 spiro atoms. The molecule has 0 aliphatic rings. The lowest BCUT2D eigenvalue weighted by Crippen LogP contribution is -2.12. The Hall–Kier alpha value is -7.78. The first-order chi connectivity index (χ1) is 30.7. The van der Waals surface area contributed by atoms with E-state index in [2.05, 4.69) is 241 Å². The van der Waals surface area contributed by atoms with Crippen LogP contribution in [0.1, 0.15) is 0 Å². The molecule has 11 aromatic carbocycles. The van der Waals surface area contributed by atoms with Crippen LogP contribution in [-0.4, -0.2) is 0 Å². The normalized spacial score (nSPS) is 11.5. The van der Waals surface area contributed by atoms with Crippen LogP contribution in [0.2, 0.25) is 0 Å². The van der Waals surface area contributed by atoms with Crippen LogP contribution in [0.3, 0.4) is 0 Å². The smallest absolute Gasteiger partial charge is 0.0640 e. The Morgan fingerprint density at radius 2 is 0.790 bits per heavy atom. The molecule has 12 rings (SSSR count). The number of rotatable bonds is 7. The van der Waals surface area contributed by atoms with Gasteiger partial charge in [0.1, 0.15) is 0 Å². The van der Waals surface area contributed by atoms with Crippen LogP contribution in [0.4, 0.5) is 17.1 Å². The predicted octanol–water partition coefficient (Wildman–Crippen LogP) is 17.7. The molecule has 290 valence electrons. The van der Waals surface area contributed by atoms with Gasteiger partial charge in [0.2, 0.25) is 0 Å². The molecule has 62 heavy (non-hydrogen) atoms. The Morgan fingerprint density at radius 1 is 0.290 bits per heavy atom. The van der Waals surface area contributed by atoms with Crippen LogP contribution in [-0.2, 0) is 0 Å². The molecule has 0 aliphatic carbocycles. The van der Waals surface area contributed by atoms with E-state index in [1.807, 2.05) is 11.3 Å². The summed E-state index contributed by atoms with van der Waals surface area (Å²) in [6, 6.07) is 86.8. The van der Waals surface area contributed by atoms with Gasteiger partial charge in [0.05, 0.1) is 16.1 Å². The summed E-state index contributed by atoms with van der Waals surface area (Å²) < 4.78 is 2.56. The summed E-state index contributed by atoms with van der Waals surface area (Å²) in [4.78, 5) is 2.55. The minimum absolute atomic E-state index is 1.11. The summed E-state index contributed by atoms with van der Waals surface area (Å²) in [5.74, 6) is 0. The molecule has 0 unspecified atom stereocenters. The van der Waals surface area contributed by atoms with Crippen LogP contribution in [0.5, 0.6) is 0 Å². The third-order valence-corrected chi connectivity index (χ3v) is 13.6. The van der Waals surface area contributed by atoms with Gasteiger partial charge in [-0.05, 0) is 102 Å². The standard InChI is InChI=1S/C60H39NS/c1-2-14-40(15-3-1)46-18-12-19-47(38-46)44-30-28-42(29-31-44)43-34-36-49(37-35-43)61(56-26-13-25-55-52-22-10-11-27-57(52)62-60(55)56)59-54-24-9-7-21-51(54)50-20-6-8-23-53(50)58(59)48-33-32-41-16-4-5-17-45(41)39-48/h1-39H. The van der Waals surface area contributed by atoms with Crippen molar-refractivity contribution in [3.05, 3.63) is 237 Å². The maximum atomic E-state index is 2.55. The highest BCUT2D eigenvalue weighted by atomic mass is 32.1. The number of hydrogen-bond acceptors (Lipinski definition) is 2. The van der Waals surface area contributed by atoms with Gasteiger partial charge in [-0.3, -0.25) is 0 Å².